The van der Waals surface area contributed by atoms with Gasteiger partial charge >= 0.3 is 12.2 Å². The highest BCUT2D eigenvalue weighted by Gasteiger charge is 2.55. The average Bonchev–Trinajstić information content (AvgIpc) is 3.33. The summed E-state index contributed by atoms with van der Waals surface area (Å²) in [5, 5.41) is 14.4. The molecule has 0 unspecified atom stereocenters. The highest BCUT2D eigenvalue weighted by Crippen LogP contribution is 2.42. The van der Waals surface area contributed by atoms with Gasteiger partial charge in [0.05, 0.1) is 41.9 Å². The highest BCUT2D eigenvalue weighted by atomic mass is 32.2. The van der Waals surface area contributed by atoms with Gasteiger partial charge in [-0.3, -0.25) is 34.3 Å². The zero-order valence-electron chi connectivity index (χ0n) is 33.2. The normalized spacial score (nSPS) is 27.1. The predicted octanol–water partition coefficient (Wildman–Crippen LogP) is 5.08. The number of anilines is 1. The van der Waals surface area contributed by atoms with Gasteiger partial charge in [-0.1, -0.05) is 6.07 Å². The number of aromatic nitrogens is 1. The quantitative estimate of drug-likeness (QED) is 0.176. The van der Waals surface area contributed by atoms with Crippen molar-refractivity contribution in [3.63, 3.8) is 0 Å². The Hall–Kier alpha value is -4.57. The molecule has 0 radical (unpaired) electrons. The molecule has 1 aliphatic carbocycles. The minimum Gasteiger partial charge on any atom is -0.377 e. The molecular formula is C40H49F3N8O6S. The van der Waals surface area contributed by atoms with Crippen LogP contribution in [0.15, 0.2) is 41.4 Å². The molecule has 3 aliphatic heterocycles. The second-order valence-corrected chi connectivity index (χ2v) is 17.4. The molecular weight excluding hydrogens is 778 g/mol. The summed E-state index contributed by atoms with van der Waals surface area (Å²) >= 11 is 0.631. The number of ether oxygens (including phenoxy) is 1. The van der Waals surface area contributed by atoms with Crippen LogP contribution in [0.2, 0.25) is 0 Å². The van der Waals surface area contributed by atoms with E-state index in [2.05, 4.69) is 39.3 Å². The Balaban J connectivity index is 0.934. The lowest BCUT2D eigenvalue weighted by molar-refractivity contribution is -0.138. The third-order valence-electron chi connectivity index (χ3n) is 11.9. The van der Waals surface area contributed by atoms with Gasteiger partial charge < -0.3 is 15.0 Å². The van der Waals surface area contributed by atoms with E-state index in [1.54, 1.807) is 44.0 Å². The van der Waals surface area contributed by atoms with Crippen molar-refractivity contribution in [1.82, 2.24) is 29.3 Å². The number of halogens is 3. The van der Waals surface area contributed by atoms with E-state index in [1.807, 2.05) is 0 Å². The summed E-state index contributed by atoms with van der Waals surface area (Å²) in [7, 11) is 0. The number of piperazine rings is 1. The SMILES string of the molecule is C[C@@H]1CN(CCOC2CCC(N3C(=O)N(Sc4ccc(C#N)c(C(F)(F)F)c4)C(=O)C3(C)C)CC2)C[C@H](C)N1CC(=O)Nc1ccc([C@@]2(C)CCC(=O)NC2=O)cn1. The Labute approximate surface area is 339 Å². The van der Waals surface area contributed by atoms with Crippen molar-refractivity contribution in [3.8, 4) is 6.07 Å². The third-order valence-corrected chi connectivity index (χ3v) is 12.8. The van der Waals surface area contributed by atoms with Gasteiger partial charge in [-0.15, -0.1) is 0 Å². The number of pyridine rings is 1. The van der Waals surface area contributed by atoms with Crippen molar-refractivity contribution in [3.05, 3.63) is 53.2 Å². The summed E-state index contributed by atoms with van der Waals surface area (Å²) in [6.45, 7) is 12.1. The van der Waals surface area contributed by atoms with Crippen LogP contribution in [0.3, 0.4) is 0 Å². The van der Waals surface area contributed by atoms with Crippen LogP contribution >= 0.6 is 11.9 Å². The van der Waals surface area contributed by atoms with Gasteiger partial charge in [0.1, 0.15) is 11.4 Å². The Morgan fingerprint density at radius 2 is 1.74 bits per heavy atom. The summed E-state index contributed by atoms with van der Waals surface area (Å²) in [6, 6.07) is 7.46. The molecule has 0 bridgehead atoms. The van der Waals surface area contributed by atoms with Crippen molar-refractivity contribution in [2.24, 2.45) is 0 Å². The summed E-state index contributed by atoms with van der Waals surface area (Å²) < 4.78 is 47.9. The first kappa shape index (κ1) is 43.0. The second-order valence-electron chi connectivity index (χ2n) is 16.3. The van der Waals surface area contributed by atoms with Crippen LogP contribution in [0.4, 0.5) is 23.8 Å². The molecule has 0 spiro atoms. The number of urea groups is 1. The topological polar surface area (TPSA) is 168 Å². The van der Waals surface area contributed by atoms with E-state index in [-0.39, 0.29) is 59.8 Å². The number of nitrogens with one attached hydrogen (secondary N) is 2. The Bertz CT molecular complexity index is 1960. The van der Waals surface area contributed by atoms with Gasteiger partial charge in [-0.25, -0.2) is 9.78 Å². The molecule has 1 aromatic carbocycles. The van der Waals surface area contributed by atoms with Gasteiger partial charge in [0.15, 0.2) is 0 Å². The lowest BCUT2D eigenvalue weighted by atomic mass is 9.76. The number of carbonyl (C=O) groups is 5. The molecule has 2 N–H and O–H groups in total. The lowest BCUT2D eigenvalue weighted by Gasteiger charge is -2.44. The number of alkyl halides is 3. The van der Waals surface area contributed by atoms with Crippen molar-refractivity contribution in [2.75, 3.05) is 38.1 Å². The lowest BCUT2D eigenvalue weighted by Crippen LogP contribution is -2.58. The molecule has 3 saturated heterocycles. The Kier molecular flexibility index (Phi) is 12.6. The molecule has 4 heterocycles. The van der Waals surface area contributed by atoms with E-state index in [0.29, 0.717) is 68.6 Å². The fourth-order valence-electron chi connectivity index (χ4n) is 8.49. The zero-order valence-corrected chi connectivity index (χ0v) is 34.0. The first-order chi connectivity index (χ1) is 27.3. The maximum Gasteiger partial charge on any atom is 0.417 e. The van der Waals surface area contributed by atoms with Crippen LogP contribution in [0.5, 0.6) is 0 Å². The van der Waals surface area contributed by atoms with Gasteiger partial charge in [0.2, 0.25) is 17.7 Å². The van der Waals surface area contributed by atoms with E-state index in [1.165, 1.54) is 12.1 Å². The monoisotopic (exact) mass is 826 g/mol. The van der Waals surface area contributed by atoms with E-state index < -0.39 is 40.2 Å². The number of imide groups is 2. The van der Waals surface area contributed by atoms with Crippen molar-refractivity contribution in [2.45, 2.75) is 119 Å². The largest absolute Gasteiger partial charge is 0.417 e. The fraction of sp³-hybridized carbons (Fsp3) is 0.575. The van der Waals surface area contributed by atoms with Crippen LogP contribution in [0.1, 0.15) is 89.8 Å². The number of rotatable bonds is 11. The molecule has 6 amide bonds. The number of nitriles is 1. The number of hydrogen-bond donors (Lipinski definition) is 2. The molecule has 18 heteroatoms. The minimum absolute atomic E-state index is 0.0212. The average molecular weight is 827 g/mol. The van der Waals surface area contributed by atoms with Gasteiger partial charge in [-0.05, 0) is 108 Å². The first-order valence-electron chi connectivity index (χ1n) is 19.5. The number of carbonyl (C=O) groups excluding carboxylic acids is 5. The molecule has 312 valence electrons. The van der Waals surface area contributed by atoms with Crippen molar-refractivity contribution >= 4 is 47.4 Å². The molecule has 2 aromatic rings. The van der Waals surface area contributed by atoms with E-state index in [0.717, 1.165) is 29.5 Å². The maximum absolute atomic E-state index is 13.6. The standard InChI is InChI=1S/C40H49F3N8O6S/c1-24-21-48(22-25(2)49(24)23-34(53)46-32-13-7-27(20-45-32)39(5)15-14-33(52)47-35(39)54)16-17-57-29-10-8-28(9-11-29)50-37(56)51(36(55)38(50,3)4)58-30-12-6-26(19-44)31(18-30)40(41,42)43/h6-7,12-13,18,20,24-25,28-29H,8-11,14-17,21-23H2,1-5H3,(H,45,46,53)(H,47,52,54)/t24-,25+,28?,29?,39-/m1/s1. The third kappa shape index (κ3) is 9.02. The van der Waals surface area contributed by atoms with Gasteiger partial charge in [0.25, 0.3) is 5.91 Å². The smallest absolute Gasteiger partial charge is 0.377 e. The van der Waals surface area contributed by atoms with Crippen LogP contribution in [0, 0.1) is 11.3 Å². The summed E-state index contributed by atoms with van der Waals surface area (Å²) in [5.41, 5.74) is -3.05. The molecule has 4 aliphatic rings. The molecule has 3 atom stereocenters. The Morgan fingerprint density at radius 3 is 2.34 bits per heavy atom. The van der Waals surface area contributed by atoms with Gasteiger partial charge in [0, 0.05) is 55.3 Å². The first-order valence-corrected chi connectivity index (χ1v) is 20.3. The molecule has 1 saturated carbocycles. The summed E-state index contributed by atoms with van der Waals surface area (Å²) in [6.07, 6.45) is -0.0129. The summed E-state index contributed by atoms with van der Waals surface area (Å²) in [4.78, 5) is 74.6. The highest BCUT2D eigenvalue weighted by molar-refractivity contribution is 7.98. The number of hydrogen-bond acceptors (Lipinski definition) is 11. The molecule has 4 fully saturated rings. The molecule has 1 aromatic heterocycles. The molecule has 58 heavy (non-hydrogen) atoms. The number of benzene rings is 1. The number of piperidine rings is 1. The summed E-state index contributed by atoms with van der Waals surface area (Å²) in [5.74, 6) is -0.979. The van der Waals surface area contributed by atoms with Crippen LogP contribution < -0.4 is 10.6 Å². The van der Waals surface area contributed by atoms with Crippen molar-refractivity contribution < 1.29 is 41.9 Å². The Morgan fingerprint density at radius 1 is 1.05 bits per heavy atom. The maximum atomic E-state index is 13.6. The molecule has 6 rings (SSSR count). The van der Waals surface area contributed by atoms with Crippen LogP contribution in [0.25, 0.3) is 0 Å². The van der Waals surface area contributed by atoms with E-state index in [4.69, 9.17) is 10.00 Å². The van der Waals surface area contributed by atoms with Crippen molar-refractivity contribution in [1.29, 1.82) is 5.26 Å². The van der Waals surface area contributed by atoms with Crippen LogP contribution in [-0.4, -0.2) is 116 Å². The van der Waals surface area contributed by atoms with Crippen LogP contribution in [-0.2, 0) is 35.5 Å². The van der Waals surface area contributed by atoms with E-state index >= 15 is 0 Å². The number of amides is 6. The predicted molar refractivity (Wildman–Crippen MR) is 207 cm³/mol. The zero-order chi connectivity index (χ0) is 42.2. The van der Waals surface area contributed by atoms with E-state index in [9.17, 15) is 37.1 Å². The second kappa shape index (κ2) is 17.0. The minimum atomic E-state index is -4.77. The molecule has 14 nitrogen and oxygen atoms in total. The van der Waals surface area contributed by atoms with Gasteiger partial charge in [-0.2, -0.15) is 22.7 Å². The number of nitrogens with zero attached hydrogens (tertiary/aromatic N) is 6. The fourth-order valence-corrected chi connectivity index (χ4v) is 9.47.